The fourth-order valence-corrected chi connectivity index (χ4v) is 3.00. The standard InChI is InChI=1S/C19H17NO4/c21-14-10-15(13-4-2-1-3-5-13)19-16(11-14)17(22)12-18(24-19)20-6-8-23-9-7-20/h1-5,10-12,21H,6-9H2. The Balaban J connectivity index is 1.95. The highest BCUT2D eigenvalue weighted by molar-refractivity contribution is 5.93. The van der Waals surface area contributed by atoms with Crippen molar-refractivity contribution >= 4 is 16.9 Å². The van der Waals surface area contributed by atoms with Gasteiger partial charge in [0.15, 0.2) is 11.3 Å². The topological polar surface area (TPSA) is 62.9 Å². The zero-order valence-corrected chi connectivity index (χ0v) is 13.1. The van der Waals surface area contributed by atoms with Gasteiger partial charge in [0.2, 0.25) is 0 Å². The van der Waals surface area contributed by atoms with E-state index in [-0.39, 0.29) is 11.2 Å². The predicted octanol–water partition coefficient (Wildman–Crippen LogP) is 3.00. The van der Waals surface area contributed by atoms with Crippen molar-refractivity contribution in [3.8, 4) is 16.9 Å². The number of anilines is 1. The molecule has 5 heteroatoms. The molecule has 0 unspecified atom stereocenters. The van der Waals surface area contributed by atoms with Crippen LogP contribution in [0.1, 0.15) is 0 Å². The van der Waals surface area contributed by atoms with Crippen molar-refractivity contribution in [2.75, 3.05) is 31.2 Å². The molecule has 1 saturated heterocycles. The molecule has 1 N–H and O–H groups in total. The monoisotopic (exact) mass is 323 g/mol. The van der Waals surface area contributed by atoms with Gasteiger partial charge in [-0.1, -0.05) is 30.3 Å². The molecule has 2 heterocycles. The van der Waals surface area contributed by atoms with Crippen molar-refractivity contribution in [1.82, 2.24) is 0 Å². The predicted molar refractivity (Wildman–Crippen MR) is 92.6 cm³/mol. The molecule has 0 amide bonds. The smallest absolute Gasteiger partial charge is 0.200 e. The lowest BCUT2D eigenvalue weighted by molar-refractivity contribution is 0.121. The van der Waals surface area contributed by atoms with Gasteiger partial charge in [-0.15, -0.1) is 0 Å². The molecule has 1 aromatic heterocycles. The number of benzene rings is 2. The van der Waals surface area contributed by atoms with E-state index in [4.69, 9.17) is 9.15 Å². The molecule has 0 spiro atoms. The summed E-state index contributed by atoms with van der Waals surface area (Å²) in [5.41, 5.74) is 1.93. The number of morpholine rings is 1. The number of hydrogen-bond donors (Lipinski definition) is 1. The largest absolute Gasteiger partial charge is 0.508 e. The first-order valence-corrected chi connectivity index (χ1v) is 7.91. The molecule has 122 valence electrons. The van der Waals surface area contributed by atoms with E-state index in [2.05, 4.69) is 0 Å². The lowest BCUT2D eigenvalue weighted by Crippen LogP contribution is -2.36. The summed E-state index contributed by atoms with van der Waals surface area (Å²) >= 11 is 0. The zero-order valence-electron chi connectivity index (χ0n) is 13.1. The Kier molecular flexibility index (Phi) is 3.70. The number of phenols is 1. The molecular weight excluding hydrogens is 306 g/mol. The first-order chi connectivity index (χ1) is 11.7. The molecule has 0 atom stereocenters. The van der Waals surface area contributed by atoms with E-state index in [0.717, 1.165) is 5.56 Å². The molecule has 0 aliphatic carbocycles. The Hall–Kier alpha value is -2.79. The molecule has 1 aliphatic rings. The van der Waals surface area contributed by atoms with Crippen LogP contribution in [0.3, 0.4) is 0 Å². The summed E-state index contributed by atoms with van der Waals surface area (Å²) in [6, 6.07) is 14.2. The molecule has 5 nitrogen and oxygen atoms in total. The lowest BCUT2D eigenvalue weighted by atomic mass is 10.0. The van der Waals surface area contributed by atoms with Crippen LogP contribution in [0.5, 0.6) is 5.75 Å². The van der Waals surface area contributed by atoms with Crippen LogP contribution in [-0.4, -0.2) is 31.4 Å². The van der Waals surface area contributed by atoms with Crippen LogP contribution in [0, 0.1) is 0 Å². The second-order valence-electron chi connectivity index (χ2n) is 5.78. The van der Waals surface area contributed by atoms with Crippen LogP contribution >= 0.6 is 0 Å². The third-order valence-electron chi connectivity index (χ3n) is 4.21. The average molecular weight is 323 g/mol. The van der Waals surface area contributed by atoms with Gasteiger partial charge in [0.25, 0.3) is 0 Å². The SMILES string of the molecule is O=c1cc(N2CCOCC2)oc2c(-c3ccccc3)cc(O)cc12. The van der Waals surface area contributed by atoms with Crippen molar-refractivity contribution in [2.45, 2.75) is 0 Å². The summed E-state index contributed by atoms with van der Waals surface area (Å²) in [5.74, 6) is 0.589. The lowest BCUT2D eigenvalue weighted by Gasteiger charge is -2.27. The van der Waals surface area contributed by atoms with Gasteiger partial charge in [-0.2, -0.15) is 0 Å². The molecule has 0 bridgehead atoms. The van der Waals surface area contributed by atoms with Crippen LogP contribution in [0.25, 0.3) is 22.1 Å². The van der Waals surface area contributed by atoms with Gasteiger partial charge < -0.3 is 19.2 Å². The number of fused-ring (bicyclic) bond motifs is 1. The van der Waals surface area contributed by atoms with Crippen LogP contribution in [0.2, 0.25) is 0 Å². The molecule has 1 fully saturated rings. The maximum Gasteiger partial charge on any atom is 0.200 e. The molecule has 4 rings (SSSR count). The van der Waals surface area contributed by atoms with Gasteiger partial charge in [-0.3, -0.25) is 4.79 Å². The number of rotatable bonds is 2. The minimum absolute atomic E-state index is 0.0489. The fraction of sp³-hybridized carbons (Fsp3) is 0.211. The van der Waals surface area contributed by atoms with Crippen molar-refractivity contribution in [3.63, 3.8) is 0 Å². The van der Waals surface area contributed by atoms with E-state index in [1.54, 1.807) is 6.07 Å². The quantitative estimate of drug-likeness (QED) is 0.785. The van der Waals surface area contributed by atoms with Crippen LogP contribution in [0.4, 0.5) is 5.88 Å². The van der Waals surface area contributed by atoms with E-state index in [0.29, 0.717) is 48.7 Å². The molecule has 2 aromatic carbocycles. The second-order valence-corrected chi connectivity index (χ2v) is 5.78. The third-order valence-corrected chi connectivity index (χ3v) is 4.21. The Morgan fingerprint density at radius 3 is 2.50 bits per heavy atom. The van der Waals surface area contributed by atoms with Crippen molar-refractivity contribution in [3.05, 3.63) is 58.8 Å². The van der Waals surface area contributed by atoms with Gasteiger partial charge in [0, 0.05) is 24.7 Å². The number of ether oxygens (including phenoxy) is 1. The Bertz CT molecular complexity index is 927. The molecule has 0 saturated carbocycles. The van der Waals surface area contributed by atoms with E-state index < -0.39 is 0 Å². The highest BCUT2D eigenvalue weighted by Crippen LogP contribution is 2.33. The van der Waals surface area contributed by atoms with E-state index in [1.165, 1.54) is 12.1 Å². The van der Waals surface area contributed by atoms with Crippen LogP contribution < -0.4 is 10.3 Å². The van der Waals surface area contributed by atoms with E-state index in [1.807, 2.05) is 35.2 Å². The summed E-state index contributed by atoms with van der Waals surface area (Å²) in [6.45, 7) is 2.60. The van der Waals surface area contributed by atoms with Crippen molar-refractivity contribution in [2.24, 2.45) is 0 Å². The van der Waals surface area contributed by atoms with Crippen molar-refractivity contribution < 1.29 is 14.3 Å². The molecule has 24 heavy (non-hydrogen) atoms. The summed E-state index contributed by atoms with van der Waals surface area (Å²) in [4.78, 5) is 14.6. The zero-order chi connectivity index (χ0) is 16.5. The normalized spacial score (nSPS) is 14.9. The van der Waals surface area contributed by atoms with Gasteiger partial charge in [0.1, 0.15) is 11.3 Å². The minimum Gasteiger partial charge on any atom is -0.508 e. The number of nitrogens with zero attached hydrogens (tertiary/aromatic N) is 1. The highest BCUT2D eigenvalue weighted by Gasteiger charge is 2.18. The van der Waals surface area contributed by atoms with Gasteiger partial charge in [-0.25, -0.2) is 0 Å². The Morgan fingerprint density at radius 2 is 1.75 bits per heavy atom. The van der Waals surface area contributed by atoms with E-state index >= 15 is 0 Å². The number of hydrogen-bond acceptors (Lipinski definition) is 5. The first-order valence-electron chi connectivity index (χ1n) is 7.91. The average Bonchev–Trinajstić information content (AvgIpc) is 2.63. The Morgan fingerprint density at radius 1 is 1.00 bits per heavy atom. The third kappa shape index (κ3) is 2.63. The summed E-state index contributed by atoms with van der Waals surface area (Å²) in [5, 5.41) is 10.4. The molecule has 1 aliphatic heterocycles. The summed E-state index contributed by atoms with van der Waals surface area (Å²) < 4.78 is 11.4. The molecule has 0 radical (unpaired) electrons. The number of phenolic OH excluding ortho intramolecular Hbond substituents is 1. The van der Waals surface area contributed by atoms with Gasteiger partial charge in [-0.05, 0) is 17.7 Å². The van der Waals surface area contributed by atoms with Gasteiger partial charge >= 0.3 is 0 Å². The van der Waals surface area contributed by atoms with Gasteiger partial charge in [0.05, 0.1) is 18.6 Å². The van der Waals surface area contributed by atoms with Crippen LogP contribution in [0.15, 0.2) is 57.7 Å². The van der Waals surface area contributed by atoms with E-state index in [9.17, 15) is 9.90 Å². The maximum atomic E-state index is 12.5. The molecule has 3 aromatic rings. The minimum atomic E-state index is -0.161. The van der Waals surface area contributed by atoms with Crippen molar-refractivity contribution in [1.29, 1.82) is 0 Å². The molecular formula is C19H17NO4. The number of aromatic hydroxyl groups is 1. The summed E-state index contributed by atoms with van der Waals surface area (Å²) in [6.07, 6.45) is 0. The fourth-order valence-electron chi connectivity index (χ4n) is 3.00. The second kappa shape index (κ2) is 6.02. The maximum absolute atomic E-state index is 12.5. The first kappa shape index (κ1) is 14.8. The summed E-state index contributed by atoms with van der Waals surface area (Å²) in [7, 11) is 0. The Labute approximate surface area is 138 Å². The van der Waals surface area contributed by atoms with Crippen LogP contribution in [-0.2, 0) is 4.74 Å². The highest BCUT2D eigenvalue weighted by atomic mass is 16.5.